The molecular formula is C16H17N5O2. The maximum absolute atomic E-state index is 12.0. The molecule has 3 heterocycles. The minimum Gasteiger partial charge on any atom is -0.493 e. The molecule has 4 rings (SSSR count). The topological polar surface area (TPSA) is 76.0 Å². The number of nitrogens with one attached hydrogen (secondary N) is 1. The molecule has 0 atom stereocenters. The van der Waals surface area contributed by atoms with Crippen LogP contribution in [0.3, 0.4) is 0 Å². The third kappa shape index (κ3) is 2.54. The van der Waals surface area contributed by atoms with E-state index in [4.69, 9.17) is 4.74 Å². The minimum atomic E-state index is -0.151. The standard InChI is InChI=1S/C16H17N5O2/c1-20-14-13(7-17-20)15(22)19-16(18-14)21-8-11(9-21)10-23-12-5-3-2-4-6-12/h2-7,11H,8-10H2,1H3,(H,18,19,22). The number of ether oxygens (including phenoxy) is 1. The molecule has 0 unspecified atom stereocenters. The van der Waals surface area contributed by atoms with Crippen molar-refractivity contribution in [3.8, 4) is 5.75 Å². The highest BCUT2D eigenvalue weighted by Crippen LogP contribution is 2.22. The number of H-pyrrole nitrogens is 1. The molecule has 1 N–H and O–H groups in total. The lowest BCUT2D eigenvalue weighted by Crippen LogP contribution is -2.50. The fourth-order valence-electron chi connectivity index (χ4n) is 2.75. The second-order valence-electron chi connectivity index (χ2n) is 5.79. The number of hydrogen-bond donors (Lipinski definition) is 1. The zero-order chi connectivity index (χ0) is 15.8. The number of aromatic amines is 1. The first-order valence-electron chi connectivity index (χ1n) is 7.55. The van der Waals surface area contributed by atoms with Crippen molar-refractivity contribution in [2.45, 2.75) is 0 Å². The third-order valence-electron chi connectivity index (χ3n) is 4.07. The second kappa shape index (κ2) is 5.42. The average Bonchev–Trinajstić information content (AvgIpc) is 2.89. The van der Waals surface area contributed by atoms with Crippen LogP contribution in [0.2, 0.25) is 0 Å². The average molecular weight is 311 g/mol. The first kappa shape index (κ1) is 13.8. The van der Waals surface area contributed by atoms with E-state index in [1.54, 1.807) is 11.7 Å². The molecule has 1 aliphatic rings. The molecule has 118 valence electrons. The van der Waals surface area contributed by atoms with Gasteiger partial charge >= 0.3 is 0 Å². The van der Waals surface area contributed by atoms with E-state index in [2.05, 4.69) is 15.1 Å². The van der Waals surface area contributed by atoms with Gasteiger partial charge in [0.05, 0.1) is 12.8 Å². The number of nitrogens with zero attached hydrogens (tertiary/aromatic N) is 4. The van der Waals surface area contributed by atoms with Gasteiger partial charge in [-0.1, -0.05) is 18.2 Å². The summed E-state index contributed by atoms with van der Waals surface area (Å²) in [5.74, 6) is 1.92. The Balaban J connectivity index is 1.42. The van der Waals surface area contributed by atoms with Gasteiger partial charge in [-0.25, -0.2) is 0 Å². The van der Waals surface area contributed by atoms with E-state index in [1.807, 2.05) is 35.2 Å². The highest BCUT2D eigenvalue weighted by Gasteiger charge is 2.29. The summed E-state index contributed by atoms with van der Waals surface area (Å²) in [6.07, 6.45) is 1.54. The SMILES string of the molecule is Cn1ncc2c(=O)[nH]c(N3CC(COc4ccccc4)C3)nc21. The molecule has 23 heavy (non-hydrogen) atoms. The highest BCUT2D eigenvalue weighted by molar-refractivity contribution is 5.74. The Kier molecular flexibility index (Phi) is 3.25. The number of rotatable bonds is 4. The van der Waals surface area contributed by atoms with Crippen LogP contribution in [0.1, 0.15) is 0 Å². The summed E-state index contributed by atoms with van der Waals surface area (Å²) in [4.78, 5) is 21.4. The van der Waals surface area contributed by atoms with E-state index >= 15 is 0 Å². The largest absolute Gasteiger partial charge is 0.493 e. The molecule has 1 aromatic carbocycles. The van der Waals surface area contributed by atoms with E-state index in [0.717, 1.165) is 18.8 Å². The van der Waals surface area contributed by atoms with Gasteiger partial charge in [0.2, 0.25) is 5.95 Å². The van der Waals surface area contributed by atoms with Crippen molar-refractivity contribution in [2.75, 3.05) is 24.6 Å². The van der Waals surface area contributed by atoms with Crippen LogP contribution in [-0.4, -0.2) is 39.4 Å². The van der Waals surface area contributed by atoms with Gasteiger partial charge in [-0.2, -0.15) is 10.1 Å². The monoisotopic (exact) mass is 311 g/mol. The molecule has 1 saturated heterocycles. The Morgan fingerprint density at radius 1 is 1.30 bits per heavy atom. The van der Waals surface area contributed by atoms with Crippen LogP contribution < -0.4 is 15.2 Å². The first-order chi connectivity index (χ1) is 11.2. The number of fused-ring (bicyclic) bond motifs is 1. The van der Waals surface area contributed by atoms with Crippen LogP contribution in [-0.2, 0) is 7.05 Å². The van der Waals surface area contributed by atoms with Gasteiger partial charge in [-0.05, 0) is 12.1 Å². The van der Waals surface area contributed by atoms with E-state index in [0.29, 0.717) is 29.5 Å². The van der Waals surface area contributed by atoms with Gasteiger partial charge < -0.3 is 9.64 Å². The molecule has 2 aromatic heterocycles. The Bertz CT molecular complexity index is 880. The van der Waals surface area contributed by atoms with E-state index in [9.17, 15) is 4.79 Å². The molecule has 0 amide bonds. The van der Waals surface area contributed by atoms with E-state index < -0.39 is 0 Å². The maximum Gasteiger partial charge on any atom is 0.263 e. The van der Waals surface area contributed by atoms with Gasteiger partial charge in [0.1, 0.15) is 11.1 Å². The fraction of sp³-hybridized carbons (Fsp3) is 0.312. The number of para-hydroxylation sites is 1. The minimum absolute atomic E-state index is 0.151. The molecule has 0 saturated carbocycles. The predicted octanol–water partition coefficient (Wildman–Crippen LogP) is 1.17. The zero-order valence-corrected chi connectivity index (χ0v) is 12.8. The van der Waals surface area contributed by atoms with Gasteiger partial charge in [0, 0.05) is 26.1 Å². The molecule has 0 radical (unpaired) electrons. The van der Waals surface area contributed by atoms with Crippen molar-refractivity contribution in [1.29, 1.82) is 0 Å². The van der Waals surface area contributed by atoms with Crippen LogP contribution in [0, 0.1) is 5.92 Å². The lowest BCUT2D eigenvalue weighted by Gasteiger charge is -2.39. The Labute approximate surface area is 132 Å². The van der Waals surface area contributed by atoms with Gasteiger partial charge in [-0.15, -0.1) is 0 Å². The lowest BCUT2D eigenvalue weighted by molar-refractivity contribution is 0.219. The second-order valence-corrected chi connectivity index (χ2v) is 5.79. The summed E-state index contributed by atoms with van der Waals surface area (Å²) < 4.78 is 7.38. The lowest BCUT2D eigenvalue weighted by atomic mass is 10.0. The molecule has 0 bridgehead atoms. The molecule has 1 fully saturated rings. The molecule has 0 aliphatic carbocycles. The smallest absolute Gasteiger partial charge is 0.263 e. The van der Waals surface area contributed by atoms with Crippen molar-refractivity contribution in [3.05, 3.63) is 46.9 Å². The summed E-state index contributed by atoms with van der Waals surface area (Å²) in [5.41, 5.74) is 0.454. The summed E-state index contributed by atoms with van der Waals surface area (Å²) in [6, 6.07) is 9.78. The van der Waals surface area contributed by atoms with Crippen LogP contribution in [0.4, 0.5) is 5.95 Å². The zero-order valence-electron chi connectivity index (χ0n) is 12.8. The summed E-state index contributed by atoms with van der Waals surface area (Å²) in [6.45, 7) is 2.30. The van der Waals surface area contributed by atoms with Gasteiger partial charge in [0.25, 0.3) is 5.56 Å². The van der Waals surface area contributed by atoms with Crippen molar-refractivity contribution in [3.63, 3.8) is 0 Å². The molecule has 1 aliphatic heterocycles. The van der Waals surface area contributed by atoms with Crippen molar-refractivity contribution in [1.82, 2.24) is 19.7 Å². The number of aryl methyl sites for hydroxylation is 1. The normalized spacial score (nSPS) is 14.9. The fourth-order valence-corrected chi connectivity index (χ4v) is 2.75. The van der Waals surface area contributed by atoms with Gasteiger partial charge in [-0.3, -0.25) is 14.5 Å². The van der Waals surface area contributed by atoms with E-state index in [1.165, 1.54) is 6.20 Å². The van der Waals surface area contributed by atoms with Gasteiger partial charge in [0.15, 0.2) is 5.65 Å². The third-order valence-corrected chi connectivity index (χ3v) is 4.07. The molecule has 3 aromatic rings. The summed E-state index contributed by atoms with van der Waals surface area (Å²) in [7, 11) is 1.78. The Morgan fingerprint density at radius 3 is 2.87 bits per heavy atom. The van der Waals surface area contributed by atoms with Crippen molar-refractivity contribution >= 4 is 17.0 Å². The summed E-state index contributed by atoms with van der Waals surface area (Å²) >= 11 is 0. The first-order valence-corrected chi connectivity index (χ1v) is 7.55. The number of anilines is 1. The van der Waals surface area contributed by atoms with Crippen LogP contribution >= 0.6 is 0 Å². The van der Waals surface area contributed by atoms with Crippen LogP contribution in [0.25, 0.3) is 11.0 Å². The number of aromatic nitrogens is 4. The van der Waals surface area contributed by atoms with E-state index in [-0.39, 0.29) is 5.56 Å². The number of hydrogen-bond acceptors (Lipinski definition) is 5. The number of benzene rings is 1. The molecule has 7 heteroatoms. The quantitative estimate of drug-likeness (QED) is 0.783. The van der Waals surface area contributed by atoms with Crippen LogP contribution in [0.5, 0.6) is 5.75 Å². The molecular weight excluding hydrogens is 294 g/mol. The Hall–Kier alpha value is -2.83. The van der Waals surface area contributed by atoms with Crippen LogP contribution in [0.15, 0.2) is 41.3 Å². The maximum atomic E-state index is 12.0. The van der Waals surface area contributed by atoms with Crippen molar-refractivity contribution in [2.24, 2.45) is 13.0 Å². The Morgan fingerprint density at radius 2 is 2.09 bits per heavy atom. The predicted molar refractivity (Wildman–Crippen MR) is 86.8 cm³/mol. The highest BCUT2D eigenvalue weighted by atomic mass is 16.5. The molecule has 0 spiro atoms. The molecule has 7 nitrogen and oxygen atoms in total. The van der Waals surface area contributed by atoms with Crippen molar-refractivity contribution < 1.29 is 4.74 Å². The summed E-state index contributed by atoms with van der Waals surface area (Å²) in [5, 5.41) is 4.59.